The number of amides is 2. The molecule has 2 rings (SSSR count). The summed E-state index contributed by atoms with van der Waals surface area (Å²) >= 11 is 0. The summed E-state index contributed by atoms with van der Waals surface area (Å²) in [4.78, 5) is 12.0. The third-order valence-electron chi connectivity index (χ3n) is 3.23. The van der Waals surface area contributed by atoms with Gasteiger partial charge in [0.2, 0.25) is 0 Å². The van der Waals surface area contributed by atoms with E-state index in [1.54, 1.807) is 43.3 Å². The fourth-order valence-electron chi connectivity index (χ4n) is 2.07. The number of furan rings is 1. The van der Waals surface area contributed by atoms with E-state index >= 15 is 0 Å². The van der Waals surface area contributed by atoms with Crippen LogP contribution in [0, 0.1) is 6.92 Å². The van der Waals surface area contributed by atoms with Crippen molar-refractivity contribution in [3.63, 3.8) is 0 Å². The normalized spacial score (nSPS) is 12.6. The lowest BCUT2D eigenvalue weighted by Crippen LogP contribution is -2.43. The van der Waals surface area contributed by atoms with Crippen molar-refractivity contribution < 1.29 is 17.6 Å². The van der Waals surface area contributed by atoms with Gasteiger partial charge in [0, 0.05) is 6.04 Å². The first-order chi connectivity index (χ1) is 10.9. The second-order valence-corrected chi connectivity index (χ2v) is 7.44. The molecular weight excluding hydrogens is 316 g/mol. The molecular formula is C16H20N2O4S. The lowest BCUT2D eigenvalue weighted by atomic mass is 10.2. The number of hydrogen-bond acceptors (Lipinski definition) is 4. The zero-order valence-corrected chi connectivity index (χ0v) is 13.9. The summed E-state index contributed by atoms with van der Waals surface area (Å²) in [5, 5.41) is 5.22. The Labute approximate surface area is 135 Å². The number of aryl methyl sites for hydroxylation is 1. The van der Waals surface area contributed by atoms with E-state index < -0.39 is 21.9 Å². The lowest BCUT2D eigenvalue weighted by Gasteiger charge is -2.15. The fourth-order valence-corrected chi connectivity index (χ4v) is 3.55. The van der Waals surface area contributed by atoms with Crippen LogP contribution in [0.1, 0.15) is 18.2 Å². The predicted octanol–water partition coefficient (Wildman–Crippen LogP) is 2.25. The van der Waals surface area contributed by atoms with Gasteiger partial charge in [0.15, 0.2) is 9.84 Å². The zero-order chi connectivity index (χ0) is 16.9. The molecule has 0 aliphatic carbocycles. The molecule has 2 N–H and O–H groups in total. The van der Waals surface area contributed by atoms with Crippen LogP contribution in [0.4, 0.5) is 4.79 Å². The standard InChI is InChI=1S/C16H20N2O4S/c1-12-5-7-15(8-6-12)23(20,21)11-13(2)18-16(19)17-10-14-4-3-9-22-14/h3-9,13H,10-11H2,1-2H3,(H2,17,18,19)/t13-/m0/s1. The quantitative estimate of drug-likeness (QED) is 0.847. The van der Waals surface area contributed by atoms with Crippen LogP contribution in [0.15, 0.2) is 52.0 Å². The van der Waals surface area contributed by atoms with Crippen molar-refractivity contribution in [1.29, 1.82) is 0 Å². The minimum absolute atomic E-state index is 0.162. The Morgan fingerprint density at radius 1 is 1.22 bits per heavy atom. The Kier molecular flexibility index (Phi) is 5.44. The Balaban J connectivity index is 1.86. The van der Waals surface area contributed by atoms with E-state index in [9.17, 15) is 13.2 Å². The van der Waals surface area contributed by atoms with Gasteiger partial charge in [-0.25, -0.2) is 13.2 Å². The van der Waals surface area contributed by atoms with Crippen LogP contribution in [0.25, 0.3) is 0 Å². The van der Waals surface area contributed by atoms with Crippen LogP contribution in [0.3, 0.4) is 0 Å². The highest BCUT2D eigenvalue weighted by Gasteiger charge is 2.19. The molecule has 1 heterocycles. The van der Waals surface area contributed by atoms with E-state index in [1.807, 2.05) is 6.92 Å². The molecule has 1 atom stereocenters. The van der Waals surface area contributed by atoms with Gasteiger partial charge in [0.25, 0.3) is 0 Å². The predicted molar refractivity (Wildman–Crippen MR) is 86.8 cm³/mol. The molecule has 0 radical (unpaired) electrons. The monoisotopic (exact) mass is 336 g/mol. The van der Waals surface area contributed by atoms with Gasteiger partial charge < -0.3 is 15.1 Å². The van der Waals surface area contributed by atoms with Gasteiger partial charge in [-0.1, -0.05) is 17.7 Å². The van der Waals surface area contributed by atoms with E-state index in [0.29, 0.717) is 5.76 Å². The highest BCUT2D eigenvalue weighted by atomic mass is 32.2. The second kappa shape index (κ2) is 7.32. The van der Waals surface area contributed by atoms with E-state index in [1.165, 1.54) is 6.26 Å². The Bertz CT molecular complexity index is 737. The van der Waals surface area contributed by atoms with Crippen molar-refractivity contribution in [2.75, 3.05) is 5.75 Å². The number of benzene rings is 1. The van der Waals surface area contributed by atoms with Crippen molar-refractivity contribution in [3.05, 3.63) is 54.0 Å². The molecule has 23 heavy (non-hydrogen) atoms. The summed E-state index contributed by atoms with van der Waals surface area (Å²) in [6, 6.07) is 9.17. The molecule has 0 saturated heterocycles. The number of urea groups is 1. The fraction of sp³-hybridized carbons (Fsp3) is 0.312. The van der Waals surface area contributed by atoms with Gasteiger partial charge in [-0.3, -0.25) is 0 Å². The molecule has 0 fully saturated rings. The summed E-state index contributed by atoms with van der Waals surface area (Å²) in [6.45, 7) is 3.79. The van der Waals surface area contributed by atoms with Crippen molar-refractivity contribution in [2.45, 2.75) is 31.3 Å². The van der Waals surface area contributed by atoms with Gasteiger partial charge in [-0.2, -0.15) is 0 Å². The van der Waals surface area contributed by atoms with E-state index in [-0.39, 0.29) is 17.2 Å². The smallest absolute Gasteiger partial charge is 0.315 e. The number of carbonyl (C=O) groups is 1. The highest BCUT2D eigenvalue weighted by molar-refractivity contribution is 7.91. The van der Waals surface area contributed by atoms with Crippen LogP contribution < -0.4 is 10.6 Å². The van der Waals surface area contributed by atoms with E-state index in [2.05, 4.69) is 10.6 Å². The van der Waals surface area contributed by atoms with Gasteiger partial charge in [-0.05, 0) is 38.1 Å². The molecule has 0 unspecified atom stereocenters. The minimum atomic E-state index is -3.44. The maximum absolute atomic E-state index is 12.3. The maximum atomic E-state index is 12.3. The van der Waals surface area contributed by atoms with Crippen molar-refractivity contribution >= 4 is 15.9 Å². The number of sulfone groups is 1. The largest absolute Gasteiger partial charge is 0.467 e. The summed E-state index contributed by atoms with van der Waals surface area (Å²) in [5.41, 5.74) is 0.993. The average molecular weight is 336 g/mol. The summed E-state index contributed by atoms with van der Waals surface area (Å²) in [5.74, 6) is 0.463. The van der Waals surface area contributed by atoms with Crippen LogP contribution >= 0.6 is 0 Å². The third-order valence-corrected chi connectivity index (χ3v) is 5.16. The first-order valence-corrected chi connectivity index (χ1v) is 8.88. The molecule has 0 bridgehead atoms. The molecule has 0 aliphatic heterocycles. The SMILES string of the molecule is Cc1ccc(S(=O)(=O)C[C@H](C)NC(=O)NCc2ccco2)cc1. The molecule has 1 aromatic carbocycles. The van der Waals surface area contributed by atoms with Crippen LogP contribution in [0.5, 0.6) is 0 Å². The van der Waals surface area contributed by atoms with Crippen LogP contribution in [-0.4, -0.2) is 26.2 Å². The Morgan fingerprint density at radius 3 is 2.52 bits per heavy atom. The van der Waals surface area contributed by atoms with Crippen LogP contribution in [-0.2, 0) is 16.4 Å². The van der Waals surface area contributed by atoms with Crippen molar-refractivity contribution in [1.82, 2.24) is 10.6 Å². The number of hydrogen-bond donors (Lipinski definition) is 2. The Hall–Kier alpha value is -2.28. The number of rotatable bonds is 6. The van der Waals surface area contributed by atoms with E-state index in [0.717, 1.165) is 5.56 Å². The topological polar surface area (TPSA) is 88.4 Å². The first-order valence-electron chi connectivity index (χ1n) is 7.23. The molecule has 0 saturated carbocycles. The van der Waals surface area contributed by atoms with Gasteiger partial charge in [0.05, 0.1) is 23.5 Å². The van der Waals surface area contributed by atoms with Crippen molar-refractivity contribution in [3.8, 4) is 0 Å². The van der Waals surface area contributed by atoms with Gasteiger partial charge in [-0.15, -0.1) is 0 Å². The van der Waals surface area contributed by atoms with Crippen molar-refractivity contribution in [2.24, 2.45) is 0 Å². The minimum Gasteiger partial charge on any atom is -0.467 e. The number of carbonyl (C=O) groups excluding carboxylic acids is 1. The summed E-state index contributed by atoms with van der Waals surface area (Å²) in [6.07, 6.45) is 1.52. The summed E-state index contributed by atoms with van der Waals surface area (Å²) in [7, 11) is -3.44. The zero-order valence-electron chi connectivity index (χ0n) is 13.1. The molecule has 2 amide bonds. The Morgan fingerprint density at radius 2 is 1.91 bits per heavy atom. The number of nitrogens with one attached hydrogen (secondary N) is 2. The molecule has 124 valence electrons. The average Bonchev–Trinajstić information content (AvgIpc) is 2.98. The van der Waals surface area contributed by atoms with E-state index in [4.69, 9.17) is 4.42 Å². The third kappa shape index (κ3) is 5.14. The molecule has 0 spiro atoms. The maximum Gasteiger partial charge on any atom is 0.315 e. The highest BCUT2D eigenvalue weighted by Crippen LogP contribution is 2.13. The molecule has 6 nitrogen and oxygen atoms in total. The second-order valence-electron chi connectivity index (χ2n) is 5.40. The lowest BCUT2D eigenvalue weighted by molar-refractivity contribution is 0.237. The molecule has 2 aromatic rings. The van der Waals surface area contributed by atoms with Crippen LogP contribution in [0.2, 0.25) is 0 Å². The molecule has 0 aliphatic rings. The van der Waals surface area contributed by atoms with Gasteiger partial charge in [0.1, 0.15) is 5.76 Å². The molecule has 7 heteroatoms. The first kappa shape index (κ1) is 17.1. The summed E-state index contributed by atoms with van der Waals surface area (Å²) < 4.78 is 29.7. The molecule has 1 aromatic heterocycles. The van der Waals surface area contributed by atoms with Gasteiger partial charge >= 0.3 is 6.03 Å².